The van der Waals surface area contributed by atoms with Crippen LogP contribution in [0.1, 0.15) is 24.0 Å². The zero-order valence-corrected chi connectivity index (χ0v) is 13.8. The minimum atomic E-state index is -0.156. The fourth-order valence-electron chi connectivity index (χ4n) is 1.95. The number of nitrogens with one attached hydrogen (secondary N) is 1. The highest BCUT2D eigenvalue weighted by Gasteiger charge is 2.03. The summed E-state index contributed by atoms with van der Waals surface area (Å²) in [7, 11) is 0. The van der Waals surface area contributed by atoms with Crippen LogP contribution >= 0.6 is 11.6 Å². The molecular formula is C18H20ClNO3. The van der Waals surface area contributed by atoms with Crippen LogP contribution < -0.4 is 10.2 Å². The number of aryl methyl sites for hydroxylation is 1. The molecule has 0 atom stereocenters. The summed E-state index contributed by atoms with van der Waals surface area (Å²) < 4.78 is 5.59. The van der Waals surface area contributed by atoms with E-state index in [1.54, 1.807) is 6.07 Å². The molecule has 1 N–H and O–H groups in total. The van der Waals surface area contributed by atoms with Crippen molar-refractivity contribution in [3.8, 4) is 5.75 Å². The van der Waals surface area contributed by atoms with Crippen LogP contribution in [-0.2, 0) is 16.2 Å². The first-order valence-electron chi connectivity index (χ1n) is 7.48. The van der Waals surface area contributed by atoms with Crippen LogP contribution in [0.5, 0.6) is 5.75 Å². The summed E-state index contributed by atoms with van der Waals surface area (Å²) in [6, 6.07) is 15.2. The van der Waals surface area contributed by atoms with Crippen molar-refractivity contribution in [2.24, 2.45) is 0 Å². The Hall–Kier alpha value is -2.04. The summed E-state index contributed by atoms with van der Waals surface area (Å²) in [6.45, 7) is 2.74. The smallest absolute Gasteiger partial charge is 0.243 e. The molecule has 0 fully saturated rings. The molecule has 5 heteroatoms. The van der Waals surface area contributed by atoms with Crippen molar-refractivity contribution in [3.05, 3.63) is 64.7 Å². The molecule has 0 aliphatic rings. The summed E-state index contributed by atoms with van der Waals surface area (Å²) in [5.74, 6) is 0.601. The Kier molecular flexibility index (Phi) is 6.91. The fourth-order valence-corrected chi connectivity index (χ4v) is 2.07. The van der Waals surface area contributed by atoms with E-state index in [2.05, 4.69) is 5.48 Å². The molecule has 23 heavy (non-hydrogen) atoms. The maximum Gasteiger partial charge on any atom is 0.243 e. The molecule has 0 unspecified atom stereocenters. The van der Waals surface area contributed by atoms with Crippen LogP contribution in [0.2, 0.25) is 5.02 Å². The molecule has 0 aliphatic carbocycles. The van der Waals surface area contributed by atoms with Crippen LogP contribution in [0.15, 0.2) is 48.5 Å². The van der Waals surface area contributed by atoms with Crippen LogP contribution in [0, 0.1) is 6.92 Å². The Balaban J connectivity index is 1.58. The van der Waals surface area contributed by atoms with E-state index in [9.17, 15) is 4.79 Å². The maximum absolute atomic E-state index is 11.6. The molecule has 2 rings (SSSR count). The average Bonchev–Trinajstić information content (AvgIpc) is 2.56. The highest BCUT2D eigenvalue weighted by atomic mass is 35.5. The Morgan fingerprint density at radius 1 is 1.17 bits per heavy atom. The number of carbonyl (C=O) groups is 1. The van der Waals surface area contributed by atoms with Gasteiger partial charge in [-0.25, -0.2) is 5.48 Å². The Morgan fingerprint density at radius 3 is 2.70 bits per heavy atom. The predicted molar refractivity (Wildman–Crippen MR) is 90.3 cm³/mol. The third kappa shape index (κ3) is 6.30. The quantitative estimate of drug-likeness (QED) is 0.585. The Morgan fingerprint density at radius 2 is 1.96 bits per heavy atom. The number of hydroxylamine groups is 1. The standard InChI is InChI=1S/C18H20ClNO3/c1-14-12-16(9-10-17(14)19)22-11-5-8-18(21)20-23-13-15-6-3-2-4-7-15/h2-4,6-7,9-10,12H,5,8,11,13H2,1H3,(H,20,21). The maximum atomic E-state index is 11.6. The van der Waals surface area contributed by atoms with Gasteiger partial charge in [-0.1, -0.05) is 41.9 Å². The monoisotopic (exact) mass is 333 g/mol. The topological polar surface area (TPSA) is 47.6 Å². The summed E-state index contributed by atoms with van der Waals surface area (Å²) in [6.07, 6.45) is 0.962. The van der Waals surface area contributed by atoms with Gasteiger partial charge in [0.1, 0.15) is 5.75 Å². The first-order chi connectivity index (χ1) is 11.1. The summed E-state index contributed by atoms with van der Waals surface area (Å²) in [5.41, 5.74) is 4.41. The van der Waals surface area contributed by atoms with Crippen LogP contribution in [0.4, 0.5) is 0 Å². The minimum Gasteiger partial charge on any atom is -0.494 e. The van der Waals surface area contributed by atoms with Crippen molar-refractivity contribution in [2.45, 2.75) is 26.4 Å². The van der Waals surface area contributed by atoms with Gasteiger partial charge in [-0.15, -0.1) is 0 Å². The molecule has 0 aromatic heterocycles. The molecule has 0 saturated carbocycles. The van der Waals surface area contributed by atoms with Gasteiger partial charge in [-0.05, 0) is 42.7 Å². The van der Waals surface area contributed by atoms with Crippen molar-refractivity contribution in [2.75, 3.05) is 6.61 Å². The lowest BCUT2D eigenvalue weighted by atomic mass is 10.2. The fraction of sp³-hybridized carbons (Fsp3) is 0.278. The number of hydrogen-bond donors (Lipinski definition) is 1. The SMILES string of the molecule is Cc1cc(OCCCC(=O)NOCc2ccccc2)ccc1Cl. The number of amides is 1. The van der Waals surface area contributed by atoms with E-state index in [0.29, 0.717) is 31.1 Å². The van der Waals surface area contributed by atoms with E-state index in [0.717, 1.165) is 16.9 Å². The lowest BCUT2D eigenvalue weighted by Gasteiger charge is -2.08. The molecule has 1 amide bonds. The van der Waals surface area contributed by atoms with Gasteiger partial charge in [-0.3, -0.25) is 9.63 Å². The van der Waals surface area contributed by atoms with Gasteiger partial charge in [0.15, 0.2) is 0 Å². The Labute approximate surface area is 141 Å². The highest BCUT2D eigenvalue weighted by Crippen LogP contribution is 2.21. The zero-order chi connectivity index (χ0) is 16.5. The first kappa shape index (κ1) is 17.3. The first-order valence-corrected chi connectivity index (χ1v) is 7.86. The van der Waals surface area contributed by atoms with Gasteiger partial charge in [-0.2, -0.15) is 0 Å². The van der Waals surface area contributed by atoms with Gasteiger partial charge >= 0.3 is 0 Å². The van der Waals surface area contributed by atoms with E-state index in [4.69, 9.17) is 21.2 Å². The summed E-state index contributed by atoms with van der Waals surface area (Å²) in [5, 5.41) is 0.715. The number of ether oxygens (including phenoxy) is 1. The molecule has 2 aromatic rings. The lowest BCUT2D eigenvalue weighted by Crippen LogP contribution is -2.23. The van der Waals surface area contributed by atoms with E-state index in [1.165, 1.54) is 0 Å². The van der Waals surface area contributed by atoms with Crippen molar-refractivity contribution >= 4 is 17.5 Å². The number of hydrogen-bond acceptors (Lipinski definition) is 3. The minimum absolute atomic E-state index is 0.156. The molecule has 0 saturated heterocycles. The molecule has 0 radical (unpaired) electrons. The number of rotatable bonds is 8. The van der Waals surface area contributed by atoms with Crippen LogP contribution in [-0.4, -0.2) is 12.5 Å². The zero-order valence-electron chi connectivity index (χ0n) is 13.0. The molecule has 0 spiro atoms. The van der Waals surface area contributed by atoms with Gasteiger partial charge in [0, 0.05) is 11.4 Å². The summed E-state index contributed by atoms with van der Waals surface area (Å²) in [4.78, 5) is 16.8. The average molecular weight is 334 g/mol. The molecule has 122 valence electrons. The highest BCUT2D eigenvalue weighted by molar-refractivity contribution is 6.31. The molecule has 0 heterocycles. The molecule has 0 bridgehead atoms. The van der Waals surface area contributed by atoms with E-state index < -0.39 is 0 Å². The molecule has 4 nitrogen and oxygen atoms in total. The van der Waals surface area contributed by atoms with Crippen molar-refractivity contribution in [3.63, 3.8) is 0 Å². The van der Waals surface area contributed by atoms with Gasteiger partial charge in [0.05, 0.1) is 13.2 Å². The predicted octanol–water partition coefficient (Wildman–Crippen LogP) is 4.06. The second-order valence-electron chi connectivity index (χ2n) is 5.16. The number of benzene rings is 2. The molecular weight excluding hydrogens is 314 g/mol. The van der Waals surface area contributed by atoms with E-state index in [1.807, 2.05) is 49.4 Å². The van der Waals surface area contributed by atoms with Gasteiger partial charge in [0.25, 0.3) is 0 Å². The Bertz CT molecular complexity index is 631. The van der Waals surface area contributed by atoms with Crippen LogP contribution in [0.3, 0.4) is 0 Å². The normalized spacial score (nSPS) is 10.3. The van der Waals surface area contributed by atoms with E-state index in [-0.39, 0.29) is 5.91 Å². The van der Waals surface area contributed by atoms with Gasteiger partial charge in [0.2, 0.25) is 5.91 Å². The number of halogens is 1. The van der Waals surface area contributed by atoms with E-state index >= 15 is 0 Å². The second kappa shape index (κ2) is 9.18. The van der Waals surface area contributed by atoms with Crippen molar-refractivity contribution in [1.29, 1.82) is 0 Å². The van der Waals surface area contributed by atoms with Crippen molar-refractivity contribution < 1.29 is 14.4 Å². The number of carbonyl (C=O) groups excluding carboxylic acids is 1. The second-order valence-corrected chi connectivity index (χ2v) is 5.57. The van der Waals surface area contributed by atoms with Crippen molar-refractivity contribution in [1.82, 2.24) is 5.48 Å². The lowest BCUT2D eigenvalue weighted by molar-refractivity contribution is -0.134. The molecule has 2 aromatic carbocycles. The summed E-state index contributed by atoms with van der Waals surface area (Å²) >= 11 is 5.95. The van der Waals surface area contributed by atoms with Gasteiger partial charge < -0.3 is 4.74 Å². The van der Waals surface area contributed by atoms with Crippen LogP contribution in [0.25, 0.3) is 0 Å². The largest absolute Gasteiger partial charge is 0.494 e. The third-order valence-corrected chi connectivity index (χ3v) is 3.64. The molecule has 0 aliphatic heterocycles. The third-order valence-electron chi connectivity index (χ3n) is 3.21.